The first-order chi connectivity index (χ1) is 20.4. The van der Waals surface area contributed by atoms with Gasteiger partial charge in [0.1, 0.15) is 6.04 Å². The van der Waals surface area contributed by atoms with E-state index in [9.17, 15) is 14.4 Å². The molecule has 1 aliphatic rings. The summed E-state index contributed by atoms with van der Waals surface area (Å²) in [6.07, 6.45) is 1.14. The van der Waals surface area contributed by atoms with Crippen LogP contribution >= 0.6 is 0 Å². The van der Waals surface area contributed by atoms with E-state index >= 15 is 0 Å². The van der Waals surface area contributed by atoms with Crippen molar-refractivity contribution in [2.24, 2.45) is 0 Å². The van der Waals surface area contributed by atoms with Crippen LogP contribution in [0.1, 0.15) is 68.7 Å². The molecule has 1 heterocycles. The molecule has 1 aromatic heterocycles. The number of nitrogens with zero attached hydrogens (tertiary/aromatic N) is 2. The van der Waals surface area contributed by atoms with Crippen LogP contribution in [0.2, 0.25) is 0 Å². The van der Waals surface area contributed by atoms with E-state index in [1.54, 1.807) is 27.2 Å². The quantitative estimate of drug-likeness (QED) is 0.326. The molecule has 2 atom stereocenters. The topological polar surface area (TPSA) is 133 Å². The third-order valence-corrected chi connectivity index (χ3v) is 7.74. The number of ether oxygens (including phenoxy) is 3. The largest absolute Gasteiger partial charge is 0.493 e. The average molecular weight is 592 g/mol. The summed E-state index contributed by atoms with van der Waals surface area (Å²) in [6, 6.07) is 5.88. The second-order valence-corrected chi connectivity index (χ2v) is 11.0. The molecule has 0 aliphatic heterocycles. The number of benzene rings is 1. The molecule has 0 fully saturated rings. The number of hydrogen-bond acceptors (Lipinski definition) is 8. The van der Waals surface area contributed by atoms with Crippen molar-refractivity contribution in [2.75, 3.05) is 32.0 Å². The summed E-state index contributed by atoms with van der Waals surface area (Å²) in [7, 11) is 4.65. The van der Waals surface area contributed by atoms with Crippen molar-refractivity contribution in [3.05, 3.63) is 57.0 Å². The number of amides is 2. The molecule has 2 aromatic carbocycles. The van der Waals surface area contributed by atoms with Gasteiger partial charge in [-0.3, -0.25) is 19.1 Å². The van der Waals surface area contributed by atoms with E-state index < -0.39 is 12.1 Å². The van der Waals surface area contributed by atoms with Crippen LogP contribution in [0.5, 0.6) is 17.2 Å². The van der Waals surface area contributed by atoms with Crippen molar-refractivity contribution < 1.29 is 23.8 Å². The van der Waals surface area contributed by atoms with Crippen molar-refractivity contribution in [1.82, 2.24) is 15.1 Å². The Morgan fingerprint density at radius 1 is 1.02 bits per heavy atom. The molecule has 230 valence electrons. The maximum Gasteiger partial charge on any atom is 0.246 e. The maximum absolute atomic E-state index is 13.6. The first kappa shape index (κ1) is 31.4. The van der Waals surface area contributed by atoms with Gasteiger partial charge in [-0.1, -0.05) is 6.07 Å². The van der Waals surface area contributed by atoms with Gasteiger partial charge in [0.2, 0.25) is 23.0 Å². The Bertz CT molecular complexity index is 1610. The number of fused-ring (bicyclic) bond motifs is 3. The highest BCUT2D eigenvalue weighted by atomic mass is 16.5. The van der Waals surface area contributed by atoms with Crippen LogP contribution in [0.15, 0.2) is 29.1 Å². The predicted octanol–water partition coefficient (Wildman–Crippen LogP) is 4.70. The van der Waals surface area contributed by atoms with Crippen LogP contribution < -0.4 is 35.6 Å². The van der Waals surface area contributed by atoms with Gasteiger partial charge >= 0.3 is 0 Å². The summed E-state index contributed by atoms with van der Waals surface area (Å²) in [4.78, 5) is 39.1. The van der Waals surface area contributed by atoms with E-state index in [1.807, 2.05) is 44.5 Å². The molecule has 11 nitrogen and oxygen atoms in total. The van der Waals surface area contributed by atoms with E-state index in [0.717, 1.165) is 22.5 Å². The Morgan fingerprint density at radius 2 is 1.72 bits per heavy atom. The molecule has 1 aliphatic carbocycles. The standard InChI is InChI=1S/C32H41N5O6/c1-16(2)37-19(5)29(17(3)36-37)35-32(40)18(4)33-25-13-11-22-23(15-26(25)39)24(34-20(6)38)12-10-21-14-27(41-7)30(42-8)31(43-9)28(21)22/h11,13-16,18,24H,10,12H2,1-9H3,(H,33,39)(H,34,38)(H,35,40). The number of aromatic nitrogens is 2. The van der Waals surface area contributed by atoms with E-state index in [1.165, 1.54) is 20.1 Å². The summed E-state index contributed by atoms with van der Waals surface area (Å²) in [5.74, 6) is 0.903. The zero-order valence-corrected chi connectivity index (χ0v) is 26.3. The minimum absolute atomic E-state index is 0.147. The van der Waals surface area contributed by atoms with E-state index in [4.69, 9.17) is 14.2 Å². The predicted molar refractivity (Wildman–Crippen MR) is 166 cm³/mol. The Morgan fingerprint density at radius 3 is 2.30 bits per heavy atom. The second-order valence-electron chi connectivity index (χ2n) is 11.0. The van der Waals surface area contributed by atoms with Crippen molar-refractivity contribution in [1.29, 1.82) is 0 Å². The zero-order chi connectivity index (χ0) is 31.6. The van der Waals surface area contributed by atoms with Crippen LogP contribution in [0.4, 0.5) is 11.4 Å². The van der Waals surface area contributed by atoms with E-state index in [2.05, 4.69) is 21.0 Å². The summed E-state index contributed by atoms with van der Waals surface area (Å²) in [5.41, 5.74) is 5.18. The molecule has 3 aromatic rings. The lowest BCUT2D eigenvalue weighted by Crippen LogP contribution is -2.33. The smallest absolute Gasteiger partial charge is 0.246 e. The number of aryl methyl sites for hydroxylation is 2. The molecule has 0 saturated carbocycles. The molecule has 3 N–H and O–H groups in total. The lowest BCUT2D eigenvalue weighted by molar-refractivity contribution is -0.119. The minimum atomic E-state index is -0.742. The van der Waals surface area contributed by atoms with Gasteiger partial charge in [-0.2, -0.15) is 5.10 Å². The molecular weight excluding hydrogens is 550 g/mol. The zero-order valence-electron chi connectivity index (χ0n) is 26.3. The third-order valence-electron chi connectivity index (χ3n) is 7.74. The summed E-state index contributed by atoms with van der Waals surface area (Å²) < 4.78 is 18.9. The van der Waals surface area contributed by atoms with E-state index in [-0.39, 0.29) is 29.0 Å². The number of carbonyl (C=O) groups excluding carboxylic acids is 2. The fourth-order valence-electron chi connectivity index (χ4n) is 5.70. The highest BCUT2D eigenvalue weighted by Gasteiger charge is 2.30. The highest BCUT2D eigenvalue weighted by Crippen LogP contribution is 2.50. The molecule has 0 saturated heterocycles. The monoisotopic (exact) mass is 591 g/mol. The van der Waals surface area contributed by atoms with Gasteiger partial charge in [-0.15, -0.1) is 0 Å². The van der Waals surface area contributed by atoms with Gasteiger partial charge in [0.05, 0.1) is 50.1 Å². The number of carbonyl (C=O) groups is 2. The Balaban J connectivity index is 1.78. The fourth-order valence-corrected chi connectivity index (χ4v) is 5.70. The van der Waals surface area contributed by atoms with Crippen molar-refractivity contribution in [3.8, 4) is 28.4 Å². The summed E-state index contributed by atoms with van der Waals surface area (Å²) in [6.45, 7) is 11.0. The molecular formula is C32H41N5O6. The SMILES string of the molecule is COc1cc2c(c(OC)c1OC)-c1ccc(NC(C)C(=O)Nc3c(C)nn(C(C)C)c3C)c(=O)cc1C(NC(C)=O)CC2. The Kier molecular flexibility index (Phi) is 9.32. The lowest BCUT2D eigenvalue weighted by atomic mass is 9.95. The minimum Gasteiger partial charge on any atom is -0.493 e. The van der Waals surface area contributed by atoms with Crippen molar-refractivity contribution >= 4 is 23.2 Å². The van der Waals surface area contributed by atoms with Gasteiger partial charge in [-0.25, -0.2) is 0 Å². The van der Waals surface area contributed by atoms with Crippen LogP contribution in [0, 0.1) is 13.8 Å². The molecule has 2 amide bonds. The molecule has 11 heteroatoms. The second kappa shape index (κ2) is 12.8. The van der Waals surface area contributed by atoms with Crippen molar-refractivity contribution in [2.45, 2.75) is 72.5 Å². The highest BCUT2D eigenvalue weighted by molar-refractivity contribution is 5.97. The molecule has 4 rings (SSSR count). The number of hydrogen-bond donors (Lipinski definition) is 3. The molecule has 0 bridgehead atoms. The average Bonchev–Trinajstić information content (AvgIpc) is 3.07. The van der Waals surface area contributed by atoms with Crippen LogP contribution in [-0.2, 0) is 16.0 Å². The van der Waals surface area contributed by atoms with Gasteiger partial charge in [-0.05, 0) is 82.3 Å². The maximum atomic E-state index is 13.6. The van der Waals surface area contributed by atoms with E-state index in [0.29, 0.717) is 46.9 Å². The van der Waals surface area contributed by atoms with Gasteiger partial charge in [0, 0.05) is 18.5 Å². The first-order valence-electron chi connectivity index (χ1n) is 14.3. The first-order valence-corrected chi connectivity index (χ1v) is 14.3. The number of anilines is 2. The molecule has 43 heavy (non-hydrogen) atoms. The van der Waals surface area contributed by atoms with Crippen LogP contribution in [0.25, 0.3) is 11.1 Å². The molecule has 0 radical (unpaired) electrons. The number of methoxy groups -OCH3 is 3. The van der Waals surface area contributed by atoms with Gasteiger partial charge < -0.3 is 30.2 Å². The fraction of sp³-hybridized carbons (Fsp3) is 0.438. The Hall–Kier alpha value is -4.54. The Labute approximate surface area is 251 Å². The van der Waals surface area contributed by atoms with Gasteiger partial charge in [0.15, 0.2) is 11.5 Å². The molecule has 2 unspecified atom stereocenters. The van der Waals surface area contributed by atoms with Gasteiger partial charge in [0.25, 0.3) is 0 Å². The summed E-state index contributed by atoms with van der Waals surface area (Å²) in [5, 5.41) is 13.6. The van der Waals surface area contributed by atoms with Crippen molar-refractivity contribution in [3.63, 3.8) is 0 Å². The van der Waals surface area contributed by atoms with Crippen LogP contribution in [-0.4, -0.2) is 49.0 Å². The normalized spacial score (nSPS) is 14.6. The third kappa shape index (κ3) is 6.16. The molecule has 0 spiro atoms. The summed E-state index contributed by atoms with van der Waals surface area (Å²) >= 11 is 0. The number of rotatable bonds is 9. The lowest BCUT2D eigenvalue weighted by Gasteiger charge is -2.19. The number of nitrogens with one attached hydrogen (secondary N) is 3. The van der Waals surface area contributed by atoms with Crippen LogP contribution in [0.3, 0.4) is 0 Å².